The van der Waals surface area contributed by atoms with Crippen LogP contribution in [0.3, 0.4) is 0 Å². The molecule has 6 nitrogen and oxygen atoms in total. The molecule has 5 rings (SSSR count). The number of likely N-dealkylation sites (tertiary alicyclic amines) is 1. The Bertz CT molecular complexity index is 1260. The van der Waals surface area contributed by atoms with Gasteiger partial charge in [-0.25, -0.2) is 0 Å². The second-order valence-corrected chi connectivity index (χ2v) is 12.6. The van der Waals surface area contributed by atoms with Crippen LogP contribution < -0.4 is 15.4 Å². The van der Waals surface area contributed by atoms with Gasteiger partial charge < -0.3 is 15.4 Å². The van der Waals surface area contributed by atoms with Crippen molar-refractivity contribution >= 4 is 23.6 Å². The molecule has 3 aromatic rings. The average molecular weight is 586 g/mol. The van der Waals surface area contributed by atoms with E-state index in [0.29, 0.717) is 28.7 Å². The van der Waals surface area contributed by atoms with E-state index < -0.39 is 6.04 Å². The number of carbonyl (C=O) groups is 2. The maximum absolute atomic E-state index is 13.6. The summed E-state index contributed by atoms with van der Waals surface area (Å²) in [6.45, 7) is 2.83. The average Bonchev–Trinajstić information content (AvgIpc) is 3.03. The van der Waals surface area contributed by atoms with Gasteiger partial charge in [0.25, 0.3) is 5.91 Å². The number of benzene rings is 3. The third-order valence-corrected chi connectivity index (χ3v) is 9.52. The lowest BCUT2D eigenvalue weighted by atomic mass is 9.91. The van der Waals surface area contributed by atoms with Gasteiger partial charge in [0, 0.05) is 37.0 Å². The lowest BCUT2D eigenvalue weighted by Crippen LogP contribution is -2.53. The van der Waals surface area contributed by atoms with Crippen molar-refractivity contribution in [3.63, 3.8) is 0 Å². The van der Waals surface area contributed by atoms with E-state index in [1.807, 2.05) is 48.5 Å². The Labute approximate surface area is 254 Å². The number of hydrogen-bond donors (Lipinski definition) is 2. The number of rotatable bonds is 12. The third kappa shape index (κ3) is 9.36. The van der Waals surface area contributed by atoms with E-state index in [4.69, 9.17) is 4.74 Å². The first-order valence-corrected chi connectivity index (χ1v) is 16.6. The second-order valence-electron chi connectivity index (χ2n) is 11.6. The molecular formula is C35H43N3O3S. The van der Waals surface area contributed by atoms with Crippen LogP contribution in [0.25, 0.3) is 0 Å². The van der Waals surface area contributed by atoms with Crippen molar-refractivity contribution in [2.24, 2.45) is 5.92 Å². The van der Waals surface area contributed by atoms with E-state index in [1.165, 1.54) is 37.7 Å². The molecule has 1 aliphatic heterocycles. The molecule has 2 amide bonds. The summed E-state index contributed by atoms with van der Waals surface area (Å²) in [4.78, 5) is 29.4. The van der Waals surface area contributed by atoms with E-state index in [9.17, 15) is 9.59 Å². The highest BCUT2D eigenvalue weighted by Gasteiger charge is 2.27. The molecule has 1 atom stereocenters. The quantitative estimate of drug-likeness (QED) is 0.248. The van der Waals surface area contributed by atoms with Crippen LogP contribution in [0, 0.1) is 5.92 Å². The number of nitrogens with zero attached hydrogens (tertiary/aromatic N) is 1. The molecule has 1 aliphatic carbocycles. The Morgan fingerprint density at radius 3 is 2.26 bits per heavy atom. The maximum atomic E-state index is 13.6. The molecule has 42 heavy (non-hydrogen) atoms. The Balaban J connectivity index is 1.17. The Morgan fingerprint density at radius 2 is 1.52 bits per heavy atom. The zero-order valence-electron chi connectivity index (χ0n) is 24.4. The number of para-hydroxylation sites is 1. The van der Waals surface area contributed by atoms with E-state index in [-0.39, 0.29) is 17.9 Å². The molecule has 1 heterocycles. The van der Waals surface area contributed by atoms with Gasteiger partial charge in [0.05, 0.1) is 0 Å². The number of carbonyl (C=O) groups excluding carboxylic acids is 2. The minimum atomic E-state index is -0.591. The summed E-state index contributed by atoms with van der Waals surface area (Å²) >= 11 is 1.79. The van der Waals surface area contributed by atoms with E-state index in [1.54, 1.807) is 23.9 Å². The molecule has 222 valence electrons. The number of thioether (sulfide) groups is 1. The van der Waals surface area contributed by atoms with Crippen LogP contribution in [0.2, 0.25) is 0 Å². The Kier molecular flexibility index (Phi) is 11.4. The largest absolute Gasteiger partial charge is 0.457 e. The lowest BCUT2D eigenvalue weighted by molar-refractivity contribution is -0.123. The molecule has 2 aliphatic rings. The standard InChI is InChI=1S/C35H43N3O3S/c39-34(29-15-10-18-32(23-29)41-31-16-8-3-9-17-31)37-33(26-42-25-28-13-6-2-7-14-28)35(40)36-30-19-21-38(22-20-30)24-27-11-4-1-5-12-27/h1,3-5,8-12,15-18,23,28,30,33H,2,6-7,13-14,19-22,24-26H2,(H,36,40)(H,37,39)/t33-/m0/s1. The fraction of sp³-hybridized carbons (Fsp3) is 0.429. The summed E-state index contributed by atoms with van der Waals surface area (Å²) in [5, 5.41) is 6.33. The molecule has 0 bridgehead atoms. The van der Waals surface area contributed by atoms with Gasteiger partial charge in [-0.2, -0.15) is 11.8 Å². The smallest absolute Gasteiger partial charge is 0.252 e. The molecule has 1 saturated heterocycles. The summed E-state index contributed by atoms with van der Waals surface area (Å²) in [6.07, 6.45) is 8.30. The zero-order chi connectivity index (χ0) is 29.0. The van der Waals surface area contributed by atoms with Crippen LogP contribution in [-0.4, -0.2) is 53.4 Å². The van der Waals surface area contributed by atoms with Gasteiger partial charge >= 0.3 is 0 Å². The fourth-order valence-electron chi connectivity index (χ4n) is 5.84. The second kappa shape index (κ2) is 15.8. The van der Waals surface area contributed by atoms with Gasteiger partial charge in [-0.1, -0.05) is 73.9 Å². The molecule has 3 aromatic carbocycles. The van der Waals surface area contributed by atoms with Crippen molar-refractivity contribution in [3.05, 3.63) is 96.1 Å². The number of ether oxygens (including phenoxy) is 1. The van der Waals surface area contributed by atoms with Crippen molar-refractivity contribution in [1.82, 2.24) is 15.5 Å². The third-order valence-electron chi connectivity index (χ3n) is 8.24. The molecule has 0 radical (unpaired) electrons. The summed E-state index contributed by atoms with van der Waals surface area (Å²) in [6, 6.07) is 26.7. The van der Waals surface area contributed by atoms with Gasteiger partial charge in [0.2, 0.25) is 5.91 Å². The summed E-state index contributed by atoms with van der Waals surface area (Å²) < 4.78 is 5.93. The maximum Gasteiger partial charge on any atom is 0.252 e. The SMILES string of the molecule is O=C(N[C@@H](CSCC1CCCCC1)C(=O)NC1CCN(Cc2ccccc2)CC1)c1cccc(Oc2ccccc2)c1. The zero-order valence-corrected chi connectivity index (χ0v) is 25.2. The first-order chi connectivity index (χ1) is 20.6. The molecule has 0 spiro atoms. The Morgan fingerprint density at radius 1 is 0.833 bits per heavy atom. The van der Waals surface area contributed by atoms with Gasteiger partial charge in [-0.05, 0) is 73.2 Å². The highest BCUT2D eigenvalue weighted by Crippen LogP contribution is 2.27. The number of hydrogen-bond acceptors (Lipinski definition) is 5. The molecule has 0 aromatic heterocycles. The van der Waals surface area contributed by atoms with Crippen LogP contribution in [0.15, 0.2) is 84.9 Å². The molecule has 2 N–H and O–H groups in total. The Hall–Kier alpha value is -3.29. The lowest BCUT2D eigenvalue weighted by Gasteiger charge is -2.33. The first kappa shape index (κ1) is 30.2. The minimum absolute atomic E-state index is 0.0855. The molecule has 2 fully saturated rings. The van der Waals surface area contributed by atoms with Gasteiger partial charge in [-0.15, -0.1) is 0 Å². The van der Waals surface area contributed by atoms with Crippen molar-refractivity contribution in [1.29, 1.82) is 0 Å². The van der Waals surface area contributed by atoms with Crippen molar-refractivity contribution in [2.45, 2.75) is 63.6 Å². The molecular weight excluding hydrogens is 542 g/mol. The van der Waals surface area contributed by atoms with Crippen LogP contribution in [-0.2, 0) is 11.3 Å². The summed E-state index contributed by atoms with van der Waals surface area (Å²) in [5.74, 6) is 3.27. The fourth-order valence-corrected chi connectivity index (χ4v) is 7.11. The minimum Gasteiger partial charge on any atom is -0.457 e. The van der Waals surface area contributed by atoms with Crippen LogP contribution in [0.5, 0.6) is 11.5 Å². The van der Waals surface area contributed by atoms with Crippen molar-refractivity contribution in [3.8, 4) is 11.5 Å². The molecule has 7 heteroatoms. The first-order valence-electron chi connectivity index (χ1n) is 15.4. The predicted molar refractivity (Wildman–Crippen MR) is 171 cm³/mol. The predicted octanol–water partition coefficient (Wildman–Crippen LogP) is 6.67. The van der Waals surface area contributed by atoms with E-state index >= 15 is 0 Å². The van der Waals surface area contributed by atoms with Crippen LogP contribution in [0.1, 0.15) is 60.9 Å². The summed E-state index contributed by atoms with van der Waals surface area (Å²) in [5.41, 5.74) is 1.80. The number of nitrogens with one attached hydrogen (secondary N) is 2. The van der Waals surface area contributed by atoms with Crippen LogP contribution >= 0.6 is 11.8 Å². The number of amides is 2. The normalized spacial score (nSPS) is 17.3. The monoisotopic (exact) mass is 585 g/mol. The molecule has 1 saturated carbocycles. The van der Waals surface area contributed by atoms with Gasteiger partial charge in [0.15, 0.2) is 0 Å². The highest BCUT2D eigenvalue weighted by atomic mass is 32.2. The topological polar surface area (TPSA) is 70.7 Å². The van der Waals surface area contributed by atoms with Gasteiger partial charge in [0.1, 0.15) is 17.5 Å². The highest BCUT2D eigenvalue weighted by molar-refractivity contribution is 7.99. The number of piperidine rings is 1. The van der Waals surface area contributed by atoms with Crippen molar-refractivity contribution < 1.29 is 14.3 Å². The van der Waals surface area contributed by atoms with E-state index in [0.717, 1.165) is 38.2 Å². The molecule has 0 unspecified atom stereocenters. The van der Waals surface area contributed by atoms with Crippen LogP contribution in [0.4, 0.5) is 0 Å². The van der Waals surface area contributed by atoms with E-state index in [2.05, 4.69) is 39.8 Å². The van der Waals surface area contributed by atoms with Crippen molar-refractivity contribution in [2.75, 3.05) is 24.6 Å². The summed E-state index contributed by atoms with van der Waals surface area (Å²) in [7, 11) is 0. The van der Waals surface area contributed by atoms with Gasteiger partial charge in [-0.3, -0.25) is 14.5 Å².